The summed E-state index contributed by atoms with van der Waals surface area (Å²) >= 11 is 0. The molecule has 1 nitrogen and oxygen atoms in total. The Hall–Kier alpha value is -0.890. The Labute approximate surface area is 80.2 Å². The molecular weight excluding hydrogens is 165 g/mol. The molecule has 0 aliphatic rings. The van der Waals surface area contributed by atoms with Gasteiger partial charge in [-0.2, -0.15) is 0 Å². The molecule has 0 bridgehead atoms. The zero-order valence-electron chi connectivity index (χ0n) is 8.84. The standard InChI is InChI=1S/C9H12FN.C2H6/c1-11(2)7-8-5-3-4-6-9(8)10;1-2/h3-6H,7H2,1-2H3;1-2H3. The van der Waals surface area contributed by atoms with Gasteiger partial charge < -0.3 is 4.90 Å². The van der Waals surface area contributed by atoms with Crippen molar-refractivity contribution in [1.82, 2.24) is 4.90 Å². The van der Waals surface area contributed by atoms with Crippen molar-refractivity contribution in [1.29, 1.82) is 0 Å². The summed E-state index contributed by atoms with van der Waals surface area (Å²) < 4.78 is 12.9. The Morgan fingerprint density at radius 1 is 1.15 bits per heavy atom. The molecule has 0 N–H and O–H groups in total. The second kappa shape index (κ2) is 6.61. The predicted octanol–water partition coefficient (Wildman–Crippen LogP) is 2.91. The maximum absolute atomic E-state index is 12.9. The van der Waals surface area contributed by atoms with Gasteiger partial charge in [0, 0.05) is 12.1 Å². The molecule has 13 heavy (non-hydrogen) atoms. The Balaban J connectivity index is 0.000000671. The third-order valence-electron chi connectivity index (χ3n) is 1.44. The number of hydrogen-bond donors (Lipinski definition) is 0. The molecule has 0 aliphatic heterocycles. The van der Waals surface area contributed by atoms with Crippen LogP contribution in [0.3, 0.4) is 0 Å². The summed E-state index contributed by atoms with van der Waals surface area (Å²) in [5, 5.41) is 0. The lowest BCUT2D eigenvalue weighted by Gasteiger charge is -2.09. The van der Waals surface area contributed by atoms with Crippen LogP contribution in [-0.2, 0) is 6.54 Å². The number of nitrogens with zero attached hydrogens (tertiary/aromatic N) is 1. The summed E-state index contributed by atoms with van der Waals surface area (Å²) in [5.74, 6) is -0.124. The van der Waals surface area contributed by atoms with Crippen molar-refractivity contribution in [2.45, 2.75) is 20.4 Å². The molecule has 0 unspecified atom stereocenters. The van der Waals surface area contributed by atoms with Gasteiger partial charge in [0.15, 0.2) is 0 Å². The minimum absolute atomic E-state index is 0.124. The Morgan fingerprint density at radius 3 is 2.15 bits per heavy atom. The summed E-state index contributed by atoms with van der Waals surface area (Å²) in [6.45, 7) is 4.66. The van der Waals surface area contributed by atoms with Crippen molar-refractivity contribution in [3.63, 3.8) is 0 Å². The van der Waals surface area contributed by atoms with E-state index in [1.54, 1.807) is 12.1 Å². The first-order valence-corrected chi connectivity index (χ1v) is 4.58. The van der Waals surface area contributed by atoms with Crippen molar-refractivity contribution in [3.8, 4) is 0 Å². The second-order valence-corrected chi connectivity index (χ2v) is 2.83. The van der Waals surface area contributed by atoms with E-state index in [1.807, 2.05) is 38.9 Å². The van der Waals surface area contributed by atoms with Crippen molar-refractivity contribution in [3.05, 3.63) is 35.6 Å². The van der Waals surface area contributed by atoms with Crippen LogP contribution in [0.25, 0.3) is 0 Å². The first-order valence-electron chi connectivity index (χ1n) is 4.58. The van der Waals surface area contributed by atoms with Gasteiger partial charge in [0.1, 0.15) is 5.82 Å². The van der Waals surface area contributed by atoms with Crippen LogP contribution >= 0.6 is 0 Å². The maximum atomic E-state index is 12.9. The van der Waals surface area contributed by atoms with Crippen LogP contribution < -0.4 is 0 Å². The molecule has 1 aromatic carbocycles. The van der Waals surface area contributed by atoms with Crippen LogP contribution in [0.2, 0.25) is 0 Å². The first kappa shape index (κ1) is 12.1. The summed E-state index contributed by atoms with van der Waals surface area (Å²) in [6.07, 6.45) is 0. The average molecular weight is 183 g/mol. The highest BCUT2D eigenvalue weighted by atomic mass is 19.1. The highest BCUT2D eigenvalue weighted by Gasteiger charge is 1.99. The van der Waals surface area contributed by atoms with E-state index in [0.717, 1.165) is 5.56 Å². The number of hydrogen-bond acceptors (Lipinski definition) is 1. The lowest BCUT2D eigenvalue weighted by atomic mass is 10.2. The van der Waals surface area contributed by atoms with Gasteiger partial charge in [-0.3, -0.25) is 0 Å². The topological polar surface area (TPSA) is 3.24 Å². The van der Waals surface area contributed by atoms with Crippen LogP contribution in [0, 0.1) is 5.82 Å². The van der Waals surface area contributed by atoms with Gasteiger partial charge in [-0.25, -0.2) is 4.39 Å². The van der Waals surface area contributed by atoms with E-state index in [4.69, 9.17) is 0 Å². The second-order valence-electron chi connectivity index (χ2n) is 2.83. The van der Waals surface area contributed by atoms with Gasteiger partial charge in [-0.15, -0.1) is 0 Å². The maximum Gasteiger partial charge on any atom is 0.127 e. The molecule has 0 saturated heterocycles. The third kappa shape index (κ3) is 4.63. The molecule has 2 heteroatoms. The molecule has 0 radical (unpaired) electrons. The van der Waals surface area contributed by atoms with Crippen LogP contribution in [0.15, 0.2) is 24.3 Å². The van der Waals surface area contributed by atoms with Crippen molar-refractivity contribution in [2.24, 2.45) is 0 Å². The monoisotopic (exact) mass is 183 g/mol. The molecule has 0 aliphatic carbocycles. The van der Waals surface area contributed by atoms with Crippen molar-refractivity contribution in [2.75, 3.05) is 14.1 Å². The van der Waals surface area contributed by atoms with Crippen LogP contribution in [0.4, 0.5) is 4.39 Å². The molecule has 0 amide bonds. The quantitative estimate of drug-likeness (QED) is 0.681. The van der Waals surface area contributed by atoms with E-state index in [0.29, 0.717) is 6.54 Å². The zero-order valence-corrected chi connectivity index (χ0v) is 8.84. The Bertz CT molecular complexity index is 233. The van der Waals surface area contributed by atoms with E-state index >= 15 is 0 Å². The van der Waals surface area contributed by atoms with E-state index < -0.39 is 0 Å². The van der Waals surface area contributed by atoms with Crippen LogP contribution in [0.1, 0.15) is 19.4 Å². The smallest absolute Gasteiger partial charge is 0.127 e. The highest BCUT2D eigenvalue weighted by Crippen LogP contribution is 2.07. The van der Waals surface area contributed by atoms with E-state index in [9.17, 15) is 4.39 Å². The van der Waals surface area contributed by atoms with Gasteiger partial charge in [0.05, 0.1) is 0 Å². The summed E-state index contributed by atoms with van der Waals surface area (Å²) in [7, 11) is 3.85. The summed E-state index contributed by atoms with van der Waals surface area (Å²) in [4.78, 5) is 1.94. The van der Waals surface area contributed by atoms with Crippen LogP contribution in [-0.4, -0.2) is 19.0 Å². The fourth-order valence-corrected chi connectivity index (χ4v) is 0.967. The SMILES string of the molecule is CC.CN(C)Cc1ccccc1F. The third-order valence-corrected chi connectivity index (χ3v) is 1.44. The Kier molecular flexibility index (Phi) is 6.15. The van der Waals surface area contributed by atoms with Gasteiger partial charge in [0.2, 0.25) is 0 Å². The summed E-state index contributed by atoms with van der Waals surface area (Å²) in [5.41, 5.74) is 0.748. The average Bonchev–Trinajstić information content (AvgIpc) is 2.12. The summed E-state index contributed by atoms with van der Waals surface area (Å²) in [6, 6.07) is 6.84. The van der Waals surface area contributed by atoms with Crippen molar-refractivity contribution >= 4 is 0 Å². The van der Waals surface area contributed by atoms with E-state index in [1.165, 1.54) is 6.07 Å². The normalized spacial score (nSPS) is 9.38. The fourth-order valence-electron chi connectivity index (χ4n) is 0.967. The Morgan fingerprint density at radius 2 is 1.69 bits per heavy atom. The molecule has 0 atom stereocenters. The van der Waals surface area contributed by atoms with E-state index in [-0.39, 0.29) is 5.82 Å². The predicted molar refractivity (Wildman–Crippen MR) is 55.1 cm³/mol. The molecule has 0 heterocycles. The molecule has 0 fully saturated rings. The van der Waals surface area contributed by atoms with E-state index in [2.05, 4.69) is 0 Å². The zero-order chi connectivity index (χ0) is 10.3. The fraction of sp³-hybridized carbons (Fsp3) is 0.455. The number of benzene rings is 1. The largest absolute Gasteiger partial charge is 0.305 e. The molecular formula is C11H18FN. The van der Waals surface area contributed by atoms with Gasteiger partial charge in [0.25, 0.3) is 0 Å². The molecule has 0 aromatic heterocycles. The molecule has 1 aromatic rings. The molecule has 0 spiro atoms. The number of rotatable bonds is 2. The van der Waals surface area contributed by atoms with Gasteiger partial charge in [-0.1, -0.05) is 32.0 Å². The molecule has 74 valence electrons. The minimum Gasteiger partial charge on any atom is -0.305 e. The first-order chi connectivity index (χ1) is 6.20. The molecule has 0 saturated carbocycles. The highest BCUT2D eigenvalue weighted by molar-refractivity contribution is 5.16. The van der Waals surface area contributed by atoms with Crippen LogP contribution in [0.5, 0.6) is 0 Å². The number of halogens is 1. The lowest BCUT2D eigenvalue weighted by molar-refractivity contribution is 0.392. The van der Waals surface area contributed by atoms with Gasteiger partial charge >= 0.3 is 0 Å². The lowest BCUT2D eigenvalue weighted by Crippen LogP contribution is -2.11. The minimum atomic E-state index is -0.124. The molecule has 1 rings (SSSR count). The van der Waals surface area contributed by atoms with Crippen molar-refractivity contribution < 1.29 is 4.39 Å². The van der Waals surface area contributed by atoms with Gasteiger partial charge in [-0.05, 0) is 20.2 Å².